The predicted molar refractivity (Wildman–Crippen MR) is 104 cm³/mol. The number of aryl methyl sites for hydroxylation is 2. The number of halogens is 1. The number of rotatable bonds is 6. The van der Waals surface area contributed by atoms with Crippen LogP contribution in [-0.2, 0) is 6.54 Å². The first-order valence-corrected chi connectivity index (χ1v) is 8.74. The molecule has 26 heavy (non-hydrogen) atoms. The minimum atomic E-state index is -0.221. The summed E-state index contributed by atoms with van der Waals surface area (Å²) in [6.07, 6.45) is 0. The Morgan fingerprint density at radius 1 is 1.00 bits per heavy atom. The molecule has 0 bridgehead atoms. The number of hydrogen-bond donors (Lipinski definition) is 1. The zero-order chi connectivity index (χ0) is 18.5. The van der Waals surface area contributed by atoms with Crippen molar-refractivity contribution >= 4 is 17.5 Å². The minimum absolute atomic E-state index is 0.221. The van der Waals surface area contributed by atoms with Crippen LogP contribution in [0.2, 0.25) is 0 Å². The molecule has 3 aromatic rings. The summed E-state index contributed by atoms with van der Waals surface area (Å²) in [6.45, 7) is 7.19. The van der Waals surface area contributed by atoms with Crippen LogP contribution in [0.15, 0.2) is 54.6 Å². The fourth-order valence-corrected chi connectivity index (χ4v) is 2.83. The summed E-state index contributed by atoms with van der Waals surface area (Å²) in [5, 5.41) is 3.21. The second kappa shape index (κ2) is 7.95. The largest absolute Gasteiger partial charge is 0.366 e. The van der Waals surface area contributed by atoms with Crippen molar-refractivity contribution in [1.82, 2.24) is 9.97 Å². The van der Waals surface area contributed by atoms with E-state index in [1.807, 2.05) is 25.1 Å². The van der Waals surface area contributed by atoms with Crippen molar-refractivity contribution in [2.45, 2.75) is 27.3 Å². The van der Waals surface area contributed by atoms with Gasteiger partial charge in [-0.2, -0.15) is 4.98 Å². The third-order valence-electron chi connectivity index (χ3n) is 4.13. The number of hydrogen-bond acceptors (Lipinski definition) is 4. The maximum Gasteiger partial charge on any atom is 0.232 e. The summed E-state index contributed by atoms with van der Waals surface area (Å²) >= 11 is 0. The molecule has 1 heterocycles. The van der Waals surface area contributed by atoms with E-state index in [9.17, 15) is 4.39 Å². The molecule has 0 atom stereocenters. The van der Waals surface area contributed by atoms with Gasteiger partial charge in [0.05, 0.1) is 0 Å². The van der Waals surface area contributed by atoms with Gasteiger partial charge in [-0.3, -0.25) is 0 Å². The van der Waals surface area contributed by atoms with E-state index >= 15 is 0 Å². The highest BCUT2D eigenvalue weighted by atomic mass is 19.1. The van der Waals surface area contributed by atoms with E-state index in [4.69, 9.17) is 0 Å². The molecule has 1 aromatic heterocycles. The van der Waals surface area contributed by atoms with E-state index < -0.39 is 0 Å². The second-order valence-electron chi connectivity index (χ2n) is 6.22. The Morgan fingerprint density at radius 2 is 1.81 bits per heavy atom. The Morgan fingerprint density at radius 3 is 2.54 bits per heavy atom. The van der Waals surface area contributed by atoms with Crippen molar-refractivity contribution in [3.8, 4) is 0 Å². The lowest BCUT2D eigenvalue weighted by atomic mass is 10.2. The Kier molecular flexibility index (Phi) is 5.46. The van der Waals surface area contributed by atoms with Gasteiger partial charge in [-0.1, -0.05) is 30.3 Å². The number of aromatic nitrogens is 2. The topological polar surface area (TPSA) is 41.1 Å². The first kappa shape index (κ1) is 17.9. The maximum absolute atomic E-state index is 13.8. The zero-order valence-electron chi connectivity index (χ0n) is 15.3. The molecule has 2 aromatic carbocycles. The van der Waals surface area contributed by atoms with Crippen LogP contribution in [0.4, 0.5) is 21.8 Å². The third-order valence-corrected chi connectivity index (χ3v) is 4.13. The molecule has 0 amide bonds. The number of benzene rings is 2. The molecular formula is C21H23FN4. The molecule has 0 saturated carbocycles. The van der Waals surface area contributed by atoms with E-state index in [1.165, 1.54) is 11.6 Å². The van der Waals surface area contributed by atoms with Crippen LogP contribution in [0.25, 0.3) is 0 Å². The maximum atomic E-state index is 13.8. The Balaban J connectivity index is 1.85. The van der Waals surface area contributed by atoms with Crippen molar-refractivity contribution in [1.29, 1.82) is 0 Å². The van der Waals surface area contributed by atoms with Crippen molar-refractivity contribution in [2.24, 2.45) is 0 Å². The number of anilines is 3. The van der Waals surface area contributed by atoms with Gasteiger partial charge in [0.1, 0.15) is 11.6 Å². The average Bonchev–Trinajstić information content (AvgIpc) is 2.61. The highest BCUT2D eigenvalue weighted by molar-refractivity contribution is 5.59. The summed E-state index contributed by atoms with van der Waals surface area (Å²) in [4.78, 5) is 11.3. The van der Waals surface area contributed by atoms with Gasteiger partial charge < -0.3 is 10.2 Å². The van der Waals surface area contributed by atoms with Gasteiger partial charge in [-0.15, -0.1) is 0 Å². The third kappa shape index (κ3) is 4.17. The lowest BCUT2D eigenvalue weighted by Gasteiger charge is -2.22. The van der Waals surface area contributed by atoms with Crippen LogP contribution >= 0.6 is 0 Å². The molecule has 0 fully saturated rings. The van der Waals surface area contributed by atoms with E-state index in [0.717, 1.165) is 17.9 Å². The van der Waals surface area contributed by atoms with Crippen LogP contribution in [0.3, 0.4) is 0 Å². The summed E-state index contributed by atoms with van der Waals surface area (Å²) in [6, 6.07) is 16.9. The summed E-state index contributed by atoms with van der Waals surface area (Å²) in [5.74, 6) is 1.09. The first-order valence-electron chi connectivity index (χ1n) is 8.74. The zero-order valence-corrected chi connectivity index (χ0v) is 15.3. The molecule has 4 nitrogen and oxygen atoms in total. The Hall–Kier alpha value is -2.95. The van der Waals surface area contributed by atoms with Gasteiger partial charge in [-0.05, 0) is 44.5 Å². The van der Waals surface area contributed by atoms with Crippen LogP contribution in [0, 0.1) is 19.7 Å². The smallest absolute Gasteiger partial charge is 0.232 e. The molecule has 0 spiro atoms. The van der Waals surface area contributed by atoms with Gasteiger partial charge in [0.2, 0.25) is 5.95 Å². The van der Waals surface area contributed by atoms with Gasteiger partial charge in [-0.25, -0.2) is 9.37 Å². The van der Waals surface area contributed by atoms with E-state index in [0.29, 0.717) is 23.9 Å². The minimum Gasteiger partial charge on any atom is -0.366 e. The molecule has 0 aliphatic carbocycles. The normalized spacial score (nSPS) is 10.6. The fraction of sp³-hybridized carbons (Fsp3) is 0.238. The number of nitrogens with one attached hydrogen (secondary N) is 1. The molecular weight excluding hydrogens is 327 g/mol. The molecule has 0 radical (unpaired) electrons. The van der Waals surface area contributed by atoms with Crippen molar-refractivity contribution in [3.63, 3.8) is 0 Å². The van der Waals surface area contributed by atoms with Crippen molar-refractivity contribution in [3.05, 3.63) is 77.2 Å². The molecule has 0 unspecified atom stereocenters. The average molecular weight is 350 g/mol. The molecule has 0 aliphatic heterocycles. The van der Waals surface area contributed by atoms with Crippen molar-refractivity contribution < 1.29 is 4.39 Å². The Labute approximate surface area is 153 Å². The molecule has 1 N–H and O–H groups in total. The van der Waals surface area contributed by atoms with Crippen LogP contribution in [0.5, 0.6) is 0 Å². The Bertz CT molecular complexity index is 895. The highest BCUT2D eigenvalue weighted by Gasteiger charge is 2.12. The van der Waals surface area contributed by atoms with E-state index in [1.54, 1.807) is 12.1 Å². The van der Waals surface area contributed by atoms with Crippen LogP contribution < -0.4 is 10.2 Å². The van der Waals surface area contributed by atoms with E-state index in [-0.39, 0.29) is 5.82 Å². The van der Waals surface area contributed by atoms with Gasteiger partial charge in [0.15, 0.2) is 0 Å². The van der Waals surface area contributed by atoms with Gasteiger partial charge in [0.25, 0.3) is 0 Å². The SMILES string of the molecule is CCN(c1cccc(C)c1)c1nc(C)cc(NCc2ccccc2F)n1. The second-order valence-corrected chi connectivity index (χ2v) is 6.22. The molecule has 134 valence electrons. The highest BCUT2D eigenvalue weighted by Crippen LogP contribution is 2.24. The first-order chi connectivity index (χ1) is 12.6. The molecule has 3 rings (SSSR count). The standard InChI is InChI=1S/C21H23FN4/c1-4-26(18-10-7-8-15(2)12-18)21-24-16(3)13-20(25-21)23-14-17-9-5-6-11-19(17)22/h5-13H,4,14H2,1-3H3,(H,23,24,25). The predicted octanol–water partition coefficient (Wildman–Crippen LogP) is 5.00. The lowest BCUT2D eigenvalue weighted by molar-refractivity contribution is 0.613. The van der Waals surface area contributed by atoms with Gasteiger partial charge in [0, 0.05) is 36.1 Å². The number of nitrogens with zero attached hydrogens (tertiary/aromatic N) is 3. The summed E-state index contributed by atoms with van der Waals surface area (Å²) in [5.41, 5.74) is 3.71. The lowest BCUT2D eigenvalue weighted by Crippen LogP contribution is -2.20. The molecule has 5 heteroatoms. The molecule has 0 saturated heterocycles. The fourth-order valence-electron chi connectivity index (χ4n) is 2.83. The van der Waals surface area contributed by atoms with Gasteiger partial charge >= 0.3 is 0 Å². The molecule has 0 aliphatic rings. The van der Waals surface area contributed by atoms with Crippen LogP contribution in [-0.4, -0.2) is 16.5 Å². The van der Waals surface area contributed by atoms with Crippen LogP contribution in [0.1, 0.15) is 23.7 Å². The van der Waals surface area contributed by atoms with Crippen molar-refractivity contribution in [2.75, 3.05) is 16.8 Å². The monoisotopic (exact) mass is 350 g/mol. The quantitative estimate of drug-likeness (QED) is 0.679. The van der Waals surface area contributed by atoms with E-state index in [2.05, 4.69) is 52.2 Å². The summed E-state index contributed by atoms with van der Waals surface area (Å²) in [7, 11) is 0. The summed E-state index contributed by atoms with van der Waals surface area (Å²) < 4.78 is 13.8.